The van der Waals surface area contributed by atoms with Crippen LogP contribution in [-0.4, -0.2) is 80.6 Å². The molecular weight excluding hydrogens is 388 g/mol. The number of nitriles is 1. The summed E-state index contributed by atoms with van der Waals surface area (Å²) in [6, 6.07) is 2.26. The van der Waals surface area contributed by atoms with Crippen LogP contribution in [0.15, 0.2) is 0 Å². The number of carbonyl (C=O) groups is 1. The van der Waals surface area contributed by atoms with E-state index in [0.29, 0.717) is 71.2 Å². The van der Waals surface area contributed by atoms with Crippen molar-refractivity contribution in [2.24, 2.45) is 0 Å². The summed E-state index contributed by atoms with van der Waals surface area (Å²) in [5.74, 6) is 0.854. The molecule has 1 amide bonds. The molecule has 0 atom stereocenters. The van der Waals surface area contributed by atoms with Gasteiger partial charge in [0.25, 0.3) is 5.91 Å². The van der Waals surface area contributed by atoms with E-state index in [1.54, 1.807) is 4.90 Å². The molecule has 9 heteroatoms. The predicted octanol–water partition coefficient (Wildman–Crippen LogP) is 0.879. The maximum Gasteiger partial charge on any atom is 0.260 e. The number of carbonyl (C=O) groups excluding carboxylic acids is 1. The minimum absolute atomic E-state index is 0.127. The van der Waals surface area contributed by atoms with Gasteiger partial charge >= 0.3 is 0 Å². The molecule has 2 saturated heterocycles. The van der Waals surface area contributed by atoms with Crippen molar-refractivity contribution in [1.82, 2.24) is 9.88 Å². The lowest BCUT2D eigenvalue weighted by Gasteiger charge is -2.36. The minimum atomic E-state index is -0.386. The Labute approximate surface area is 176 Å². The molecule has 2 fully saturated rings. The minimum Gasteiger partial charge on any atom is -0.467 e. The van der Waals surface area contributed by atoms with Crippen LogP contribution in [0, 0.1) is 11.3 Å². The average Bonchev–Trinajstić information content (AvgIpc) is 2.77. The Kier molecular flexibility index (Phi) is 6.09. The molecule has 0 spiro atoms. The Balaban J connectivity index is 1.64. The summed E-state index contributed by atoms with van der Waals surface area (Å²) in [5.41, 5.74) is 1.84. The molecule has 1 aromatic rings. The molecule has 0 radical (unpaired) electrons. The van der Waals surface area contributed by atoms with Gasteiger partial charge in [-0.15, -0.1) is 0 Å². The maximum atomic E-state index is 12.5. The standard InChI is InChI=1S/C21H28N4O5/c1-21(2)11-15-16(12-22)20(29-14-18(26)24-3-7-27-8-4-24)23-19(17(15)13-30-21)25-5-9-28-10-6-25/h3-11,13-14H2,1-2H3. The van der Waals surface area contributed by atoms with E-state index in [1.807, 2.05) is 13.8 Å². The lowest BCUT2D eigenvalue weighted by atomic mass is 9.89. The van der Waals surface area contributed by atoms with Crippen molar-refractivity contribution in [3.05, 3.63) is 16.7 Å². The van der Waals surface area contributed by atoms with Crippen LogP contribution in [0.2, 0.25) is 0 Å². The molecule has 0 N–H and O–H groups in total. The Hall–Kier alpha value is -2.41. The van der Waals surface area contributed by atoms with Crippen molar-refractivity contribution in [2.75, 3.05) is 64.1 Å². The molecule has 30 heavy (non-hydrogen) atoms. The molecule has 0 saturated carbocycles. The fraction of sp³-hybridized carbons (Fsp3) is 0.667. The molecule has 0 aromatic carbocycles. The van der Waals surface area contributed by atoms with E-state index in [-0.39, 0.29) is 24.0 Å². The summed E-state index contributed by atoms with van der Waals surface area (Å²) >= 11 is 0. The zero-order chi connectivity index (χ0) is 21.1. The largest absolute Gasteiger partial charge is 0.467 e. The van der Waals surface area contributed by atoms with Gasteiger partial charge in [0.15, 0.2) is 6.61 Å². The van der Waals surface area contributed by atoms with Crippen molar-refractivity contribution in [3.8, 4) is 11.9 Å². The van der Waals surface area contributed by atoms with Crippen LogP contribution in [0.4, 0.5) is 5.82 Å². The van der Waals surface area contributed by atoms with Gasteiger partial charge in [-0.3, -0.25) is 4.79 Å². The third-order valence-electron chi connectivity index (χ3n) is 5.69. The lowest BCUT2D eigenvalue weighted by Crippen LogP contribution is -2.43. The first-order valence-corrected chi connectivity index (χ1v) is 10.4. The van der Waals surface area contributed by atoms with Crippen molar-refractivity contribution in [1.29, 1.82) is 5.26 Å². The number of hydrogen-bond acceptors (Lipinski definition) is 8. The summed E-state index contributed by atoms with van der Waals surface area (Å²) in [4.78, 5) is 21.1. The maximum absolute atomic E-state index is 12.5. The van der Waals surface area contributed by atoms with Crippen LogP contribution in [0.25, 0.3) is 0 Å². The summed E-state index contributed by atoms with van der Waals surface area (Å²) in [6.45, 7) is 9.08. The number of fused-ring (bicyclic) bond motifs is 1. The molecule has 3 aliphatic heterocycles. The molecule has 4 heterocycles. The van der Waals surface area contributed by atoms with Crippen molar-refractivity contribution >= 4 is 11.7 Å². The number of nitrogens with zero attached hydrogens (tertiary/aromatic N) is 4. The number of morpholine rings is 2. The summed E-state index contributed by atoms with van der Waals surface area (Å²) in [7, 11) is 0. The number of ether oxygens (including phenoxy) is 4. The van der Waals surface area contributed by atoms with Gasteiger partial charge < -0.3 is 28.7 Å². The Morgan fingerprint density at radius 1 is 1.13 bits per heavy atom. The van der Waals surface area contributed by atoms with Crippen molar-refractivity contribution < 1.29 is 23.7 Å². The van der Waals surface area contributed by atoms with Gasteiger partial charge in [-0.2, -0.15) is 10.2 Å². The van der Waals surface area contributed by atoms with Crippen LogP contribution < -0.4 is 9.64 Å². The smallest absolute Gasteiger partial charge is 0.260 e. The van der Waals surface area contributed by atoms with Gasteiger partial charge in [0.05, 0.1) is 38.6 Å². The van der Waals surface area contributed by atoms with Gasteiger partial charge in [0.2, 0.25) is 5.88 Å². The first kappa shape index (κ1) is 20.8. The van der Waals surface area contributed by atoms with E-state index in [1.165, 1.54) is 0 Å². The van der Waals surface area contributed by atoms with Crippen molar-refractivity contribution in [3.63, 3.8) is 0 Å². The Morgan fingerprint density at radius 2 is 1.80 bits per heavy atom. The zero-order valence-electron chi connectivity index (χ0n) is 17.6. The van der Waals surface area contributed by atoms with Crippen LogP contribution in [0.5, 0.6) is 5.88 Å². The SMILES string of the molecule is CC1(C)Cc2c(C#N)c(OCC(=O)N3CCOCC3)nc(N3CCOCC3)c2CO1. The highest BCUT2D eigenvalue weighted by Crippen LogP contribution is 2.38. The number of rotatable bonds is 4. The second-order valence-electron chi connectivity index (χ2n) is 8.29. The van der Waals surface area contributed by atoms with Gasteiger partial charge in [-0.05, 0) is 19.4 Å². The van der Waals surface area contributed by atoms with E-state index in [0.717, 1.165) is 16.9 Å². The summed E-state index contributed by atoms with van der Waals surface area (Å²) in [5, 5.41) is 9.90. The average molecular weight is 416 g/mol. The van der Waals surface area contributed by atoms with E-state index in [9.17, 15) is 10.1 Å². The quantitative estimate of drug-likeness (QED) is 0.714. The highest BCUT2D eigenvalue weighted by Gasteiger charge is 2.34. The zero-order valence-corrected chi connectivity index (χ0v) is 17.6. The first-order valence-electron chi connectivity index (χ1n) is 10.4. The molecular formula is C21H28N4O5. The van der Waals surface area contributed by atoms with E-state index >= 15 is 0 Å². The van der Waals surface area contributed by atoms with Crippen molar-refractivity contribution in [2.45, 2.75) is 32.5 Å². The Morgan fingerprint density at radius 3 is 2.47 bits per heavy atom. The van der Waals surface area contributed by atoms with Gasteiger partial charge in [0.1, 0.15) is 17.5 Å². The summed E-state index contributed by atoms with van der Waals surface area (Å²) in [6.07, 6.45) is 0.582. The molecule has 9 nitrogen and oxygen atoms in total. The number of anilines is 1. The van der Waals surface area contributed by atoms with Crippen LogP contribution in [0.1, 0.15) is 30.5 Å². The molecule has 162 valence electrons. The van der Waals surface area contributed by atoms with Gasteiger partial charge in [0, 0.05) is 38.2 Å². The second-order valence-corrected chi connectivity index (χ2v) is 8.29. The van der Waals surface area contributed by atoms with E-state index in [2.05, 4.69) is 11.0 Å². The summed E-state index contributed by atoms with van der Waals surface area (Å²) < 4.78 is 22.6. The number of pyridine rings is 1. The molecule has 3 aliphatic rings. The van der Waals surface area contributed by atoms with Crippen LogP contribution >= 0.6 is 0 Å². The van der Waals surface area contributed by atoms with Gasteiger partial charge in [-0.25, -0.2) is 0 Å². The molecule has 0 bridgehead atoms. The number of hydrogen-bond donors (Lipinski definition) is 0. The van der Waals surface area contributed by atoms with Crippen LogP contribution in [0.3, 0.4) is 0 Å². The number of aromatic nitrogens is 1. The lowest BCUT2D eigenvalue weighted by molar-refractivity contribution is -0.137. The Bertz CT molecular complexity index is 839. The molecule has 4 rings (SSSR count). The van der Waals surface area contributed by atoms with Gasteiger partial charge in [-0.1, -0.05) is 0 Å². The third kappa shape index (κ3) is 4.36. The topological polar surface area (TPSA) is 97.2 Å². The molecule has 0 aliphatic carbocycles. The fourth-order valence-electron chi connectivity index (χ4n) is 4.02. The van der Waals surface area contributed by atoms with E-state index < -0.39 is 0 Å². The highest BCUT2D eigenvalue weighted by molar-refractivity contribution is 5.78. The monoisotopic (exact) mass is 416 g/mol. The molecule has 1 aromatic heterocycles. The molecule has 0 unspecified atom stereocenters. The number of amides is 1. The normalized spacial score (nSPS) is 21.0. The van der Waals surface area contributed by atoms with Crippen LogP contribution in [-0.2, 0) is 32.0 Å². The predicted molar refractivity (Wildman–Crippen MR) is 107 cm³/mol. The second kappa shape index (κ2) is 8.76. The highest BCUT2D eigenvalue weighted by atomic mass is 16.5. The third-order valence-corrected chi connectivity index (χ3v) is 5.69. The fourth-order valence-corrected chi connectivity index (χ4v) is 4.02. The van der Waals surface area contributed by atoms with E-state index in [4.69, 9.17) is 23.9 Å². The first-order chi connectivity index (χ1) is 14.5.